The Morgan fingerprint density at radius 2 is 2.13 bits per heavy atom. The summed E-state index contributed by atoms with van der Waals surface area (Å²) in [6, 6.07) is 11.0. The predicted octanol–water partition coefficient (Wildman–Crippen LogP) is 4.58. The van der Waals surface area contributed by atoms with Gasteiger partial charge in [0.1, 0.15) is 5.75 Å². The van der Waals surface area contributed by atoms with E-state index in [-0.39, 0.29) is 12.5 Å². The summed E-state index contributed by atoms with van der Waals surface area (Å²) in [5.74, 6) is 0.307. The molecule has 1 heterocycles. The zero-order valence-electron chi connectivity index (χ0n) is 12.7. The SMILES string of the molecule is Cc1ccc2sc(NC(=O)COc3cccc(Cl)c3)nc2c1C. The van der Waals surface area contributed by atoms with Gasteiger partial charge in [-0.15, -0.1) is 0 Å². The molecular weight excluding hydrogens is 332 g/mol. The van der Waals surface area contributed by atoms with Gasteiger partial charge in [-0.1, -0.05) is 35.1 Å². The maximum Gasteiger partial charge on any atom is 0.264 e. The molecule has 0 saturated heterocycles. The van der Waals surface area contributed by atoms with E-state index in [1.165, 1.54) is 16.9 Å². The van der Waals surface area contributed by atoms with Crippen molar-refractivity contribution in [3.05, 3.63) is 52.5 Å². The maximum absolute atomic E-state index is 12.0. The molecule has 2 aromatic carbocycles. The monoisotopic (exact) mass is 346 g/mol. The number of hydrogen-bond acceptors (Lipinski definition) is 4. The summed E-state index contributed by atoms with van der Waals surface area (Å²) >= 11 is 7.33. The number of nitrogens with one attached hydrogen (secondary N) is 1. The number of hydrogen-bond donors (Lipinski definition) is 1. The Kier molecular flexibility index (Phi) is 4.50. The number of benzene rings is 2. The lowest BCUT2D eigenvalue weighted by Crippen LogP contribution is -2.19. The van der Waals surface area contributed by atoms with Crippen molar-refractivity contribution in [2.75, 3.05) is 11.9 Å². The van der Waals surface area contributed by atoms with E-state index in [4.69, 9.17) is 16.3 Å². The molecule has 118 valence electrons. The van der Waals surface area contributed by atoms with E-state index in [1.807, 2.05) is 19.9 Å². The maximum atomic E-state index is 12.0. The van der Waals surface area contributed by atoms with Crippen LogP contribution in [0.25, 0.3) is 10.2 Å². The van der Waals surface area contributed by atoms with Gasteiger partial charge in [0.2, 0.25) is 0 Å². The molecule has 6 heteroatoms. The fourth-order valence-corrected chi connectivity index (χ4v) is 3.26. The Balaban J connectivity index is 1.67. The number of fused-ring (bicyclic) bond motifs is 1. The number of nitrogens with zero attached hydrogens (tertiary/aromatic N) is 1. The number of ether oxygens (including phenoxy) is 1. The van der Waals surface area contributed by atoms with Gasteiger partial charge in [-0.25, -0.2) is 4.98 Å². The van der Waals surface area contributed by atoms with Crippen molar-refractivity contribution in [2.45, 2.75) is 13.8 Å². The summed E-state index contributed by atoms with van der Waals surface area (Å²) in [6.45, 7) is 3.99. The van der Waals surface area contributed by atoms with Gasteiger partial charge in [0.05, 0.1) is 10.2 Å². The van der Waals surface area contributed by atoms with E-state index in [9.17, 15) is 4.79 Å². The third kappa shape index (κ3) is 3.63. The molecule has 0 radical (unpaired) electrons. The van der Waals surface area contributed by atoms with Crippen LogP contribution in [0.5, 0.6) is 5.75 Å². The van der Waals surface area contributed by atoms with Gasteiger partial charge < -0.3 is 4.74 Å². The molecule has 0 aliphatic carbocycles. The number of aryl methyl sites for hydroxylation is 2. The number of aromatic nitrogens is 1. The number of halogens is 1. The lowest BCUT2D eigenvalue weighted by atomic mass is 10.1. The van der Waals surface area contributed by atoms with Gasteiger partial charge in [0.25, 0.3) is 5.91 Å². The topological polar surface area (TPSA) is 51.2 Å². The van der Waals surface area contributed by atoms with Crippen molar-refractivity contribution in [3.8, 4) is 5.75 Å². The van der Waals surface area contributed by atoms with Crippen molar-refractivity contribution in [2.24, 2.45) is 0 Å². The predicted molar refractivity (Wildman–Crippen MR) is 94.7 cm³/mol. The minimum absolute atomic E-state index is 0.0890. The van der Waals surface area contributed by atoms with E-state index < -0.39 is 0 Å². The minimum Gasteiger partial charge on any atom is -0.484 e. The number of anilines is 1. The molecule has 0 spiro atoms. The zero-order chi connectivity index (χ0) is 16.4. The summed E-state index contributed by atoms with van der Waals surface area (Å²) < 4.78 is 6.47. The molecule has 1 amide bonds. The standard InChI is InChI=1S/C17H15ClN2O2S/c1-10-6-7-14-16(11(10)2)20-17(23-14)19-15(21)9-22-13-5-3-4-12(18)8-13/h3-8H,9H2,1-2H3,(H,19,20,21). The van der Waals surface area contributed by atoms with Crippen molar-refractivity contribution in [3.63, 3.8) is 0 Å². The lowest BCUT2D eigenvalue weighted by molar-refractivity contribution is -0.118. The molecule has 3 aromatic rings. The van der Waals surface area contributed by atoms with Crippen molar-refractivity contribution in [1.82, 2.24) is 4.98 Å². The minimum atomic E-state index is -0.251. The molecule has 0 fully saturated rings. The molecular formula is C17H15ClN2O2S. The second-order valence-corrected chi connectivity index (χ2v) is 6.63. The van der Waals surface area contributed by atoms with E-state index in [1.54, 1.807) is 24.3 Å². The van der Waals surface area contributed by atoms with Crippen molar-refractivity contribution in [1.29, 1.82) is 0 Å². The molecule has 0 atom stereocenters. The van der Waals surface area contributed by atoms with E-state index in [0.717, 1.165) is 15.8 Å². The zero-order valence-corrected chi connectivity index (χ0v) is 14.3. The first-order valence-corrected chi connectivity index (χ1v) is 8.27. The Morgan fingerprint density at radius 1 is 1.30 bits per heavy atom. The molecule has 0 saturated carbocycles. The molecule has 4 nitrogen and oxygen atoms in total. The van der Waals surface area contributed by atoms with Crippen LogP contribution in [0.4, 0.5) is 5.13 Å². The molecule has 0 unspecified atom stereocenters. The highest BCUT2D eigenvalue weighted by Gasteiger charge is 2.11. The Hall–Kier alpha value is -2.11. The van der Waals surface area contributed by atoms with E-state index in [0.29, 0.717) is 15.9 Å². The van der Waals surface area contributed by atoms with Crippen LogP contribution in [0, 0.1) is 13.8 Å². The fourth-order valence-electron chi connectivity index (χ4n) is 2.14. The smallest absolute Gasteiger partial charge is 0.264 e. The molecule has 0 aliphatic heterocycles. The molecule has 3 rings (SSSR count). The van der Waals surface area contributed by atoms with Gasteiger partial charge in [0, 0.05) is 5.02 Å². The highest BCUT2D eigenvalue weighted by molar-refractivity contribution is 7.22. The number of carbonyl (C=O) groups is 1. The van der Waals surface area contributed by atoms with Gasteiger partial charge in [-0.3, -0.25) is 10.1 Å². The van der Waals surface area contributed by atoms with Crippen LogP contribution in [0.2, 0.25) is 5.02 Å². The first-order valence-electron chi connectivity index (χ1n) is 7.08. The van der Waals surface area contributed by atoms with Crippen LogP contribution in [0.3, 0.4) is 0 Å². The normalized spacial score (nSPS) is 10.7. The Morgan fingerprint density at radius 3 is 2.91 bits per heavy atom. The molecule has 0 aliphatic rings. The van der Waals surface area contributed by atoms with Crippen LogP contribution in [0.15, 0.2) is 36.4 Å². The summed E-state index contributed by atoms with van der Waals surface area (Å²) in [7, 11) is 0. The van der Waals surface area contributed by atoms with Gasteiger partial charge in [-0.05, 0) is 49.2 Å². The van der Waals surface area contributed by atoms with Crippen molar-refractivity contribution >= 4 is 44.2 Å². The second kappa shape index (κ2) is 6.56. The Labute approximate surface area is 143 Å². The van der Waals surface area contributed by atoms with Gasteiger partial charge in [0.15, 0.2) is 11.7 Å². The first-order chi connectivity index (χ1) is 11.0. The van der Waals surface area contributed by atoms with Crippen LogP contribution in [0.1, 0.15) is 11.1 Å². The Bertz CT molecular complexity index is 876. The van der Waals surface area contributed by atoms with Crippen LogP contribution in [-0.2, 0) is 4.79 Å². The lowest BCUT2D eigenvalue weighted by Gasteiger charge is -2.05. The largest absolute Gasteiger partial charge is 0.484 e. The summed E-state index contributed by atoms with van der Waals surface area (Å²) in [4.78, 5) is 16.5. The molecule has 1 aromatic heterocycles. The number of carbonyl (C=O) groups excluding carboxylic acids is 1. The third-order valence-electron chi connectivity index (χ3n) is 3.50. The first kappa shape index (κ1) is 15.8. The number of rotatable bonds is 4. The van der Waals surface area contributed by atoms with E-state index in [2.05, 4.69) is 16.4 Å². The highest BCUT2D eigenvalue weighted by Crippen LogP contribution is 2.29. The van der Waals surface area contributed by atoms with Crippen LogP contribution in [-0.4, -0.2) is 17.5 Å². The fraction of sp³-hybridized carbons (Fsp3) is 0.176. The van der Waals surface area contributed by atoms with Gasteiger partial charge >= 0.3 is 0 Å². The van der Waals surface area contributed by atoms with Crippen LogP contribution < -0.4 is 10.1 Å². The number of thiazole rings is 1. The quantitative estimate of drug-likeness (QED) is 0.752. The van der Waals surface area contributed by atoms with Crippen molar-refractivity contribution < 1.29 is 9.53 Å². The van der Waals surface area contributed by atoms with Gasteiger partial charge in [-0.2, -0.15) is 0 Å². The van der Waals surface area contributed by atoms with Crippen LogP contribution >= 0.6 is 22.9 Å². The second-order valence-electron chi connectivity index (χ2n) is 5.17. The highest BCUT2D eigenvalue weighted by atomic mass is 35.5. The van der Waals surface area contributed by atoms with E-state index >= 15 is 0 Å². The third-order valence-corrected chi connectivity index (χ3v) is 4.67. The average Bonchev–Trinajstić information content (AvgIpc) is 2.92. The number of amides is 1. The summed E-state index contributed by atoms with van der Waals surface area (Å²) in [5.41, 5.74) is 3.25. The summed E-state index contributed by atoms with van der Waals surface area (Å²) in [5, 5.41) is 3.92. The average molecular weight is 347 g/mol. The summed E-state index contributed by atoms with van der Waals surface area (Å²) in [6.07, 6.45) is 0. The molecule has 1 N–H and O–H groups in total. The molecule has 0 bridgehead atoms. The molecule has 23 heavy (non-hydrogen) atoms.